The van der Waals surface area contributed by atoms with Gasteiger partial charge in [-0.25, -0.2) is 4.79 Å². The number of carboxylic acids is 1. The highest BCUT2D eigenvalue weighted by molar-refractivity contribution is 5.84. The summed E-state index contributed by atoms with van der Waals surface area (Å²) in [6.45, 7) is 0. The molecule has 2 aromatic rings. The molecule has 1 N–H and O–H groups in total. The molecule has 3 rings (SSSR count). The lowest BCUT2D eigenvalue weighted by Gasteiger charge is -2.17. The Hall–Kier alpha value is -2.30. The molecule has 0 fully saturated rings. The maximum absolute atomic E-state index is 10.7. The largest absolute Gasteiger partial charge is 0.476 e. The molecule has 0 saturated heterocycles. The number of hydrogen-bond donors (Lipinski definition) is 1. The maximum Gasteiger partial charge on any atom is 0.399 e. The Labute approximate surface area is 109 Å². The number of carbonyl (C=O) groups is 1. The summed E-state index contributed by atoms with van der Waals surface area (Å²) < 4.78 is 10.6. The van der Waals surface area contributed by atoms with Gasteiger partial charge in [-0.15, -0.1) is 0 Å². The van der Waals surface area contributed by atoms with Crippen LogP contribution < -0.4 is 4.74 Å². The molecular formula is C14H13NO4. The number of benzene rings is 1. The molecule has 0 spiro atoms. The average Bonchev–Trinajstić information content (AvgIpc) is 2.88. The highest BCUT2D eigenvalue weighted by Gasteiger charge is 2.17. The van der Waals surface area contributed by atoms with Crippen molar-refractivity contribution in [3.8, 4) is 11.8 Å². The highest BCUT2D eigenvalue weighted by Crippen LogP contribution is 2.32. The number of hydrogen-bond acceptors (Lipinski definition) is 4. The average molecular weight is 259 g/mol. The second kappa shape index (κ2) is 4.76. The van der Waals surface area contributed by atoms with E-state index in [1.165, 1.54) is 17.5 Å². The fourth-order valence-corrected chi connectivity index (χ4v) is 2.34. The van der Waals surface area contributed by atoms with Crippen molar-refractivity contribution in [1.29, 1.82) is 0 Å². The number of ether oxygens (including phenoxy) is 1. The number of fused-ring (bicyclic) bond motifs is 1. The zero-order chi connectivity index (χ0) is 13.2. The molecule has 19 heavy (non-hydrogen) atoms. The molecule has 0 unspecified atom stereocenters. The van der Waals surface area contributed by atoms with Crippen LogP contribution in [-0.2, 0) is 12.8 Å². The minimum atomic E-state index is -1.13. The number of nitrogens with zero attached hydrogens (tertiary/aromatic N) is 1. The van der Waals surface area contributed by atoms with Gasteiger partial charge in [0.2, 0.25) is 0 Å². The Morgan fingerprint density at radius 2 is 2.16 bits per heavy atom. The van der Waals surface area contributed by atoms with Crippen molar-refractivity contribution in [3.05, 3.63) is 41.3 Å². The van der Waals surface area contributed by atoms with E-state index in [1.807, 2.05) is 12.1 Å². The summed E-state index contributed by atoms with van der Waals surface area (Å²) in [6, 6.07) is 5.88. The second-order valence-corrected chi connectivity index (χ2v) is 4.51. The third-order valence-corrected chi connectivity index (χ3v) is 3.25. The summed E-state index contributed by atoms with van der Waals surface area (Å²) in [4.78, 5) is 14.5. The van der Waals surface area contributed by atoms with Crippen molar-refractivity contribution < 1.29 is 19.1 Å². The Balaban J connectivity index is 1.88. The van der Waals surface area contributed by atoms with Gasteiger partial charge < -0.3 is 14.3 Å². The predicted octanol–water partition coefficient (Wildman–Crippen LogP) is 3.04. The summed E-state index contributed by atoms with van der Waals surface area (Å²) in [5, 5.41) is 8.78. The molecule has 0 aliphatic heterocycles. The third kappa shape index (κ3) is 2.31. The molecule has 1 aliphatic rings. The third-order valence-electron chi connectivity index (χ3n) is 3.25. The topological polar surface area (TPSA) is 72.6 Å². The van der Waals surface area contributed by atoms with Crippen molar-refractivity contribution in [3.63, 3.8) is 0 Å². The van der Waals surface area contributed by atoms with Crippen LogP contribution in [0.5, 0.6) is 11.8 Å². The maximum atomic E-state index is 10.7. The zero-order valence-corrected chi connectivity index (χ0v) is 10.3. The summed E-state index contributed by atoms with van der Waals surface area (Å²) in [7, 11) is 0. The summed E-state index contributed by atoms with van der Waals surface area (Å²) in [5.41, 5.74) is 2.30. The first-order valence-corrected chi connectivity index (χ1v) is 6.21. The van der Waals surface area contributed by atoms with E-state index in [9.17, 15) is 4.79 Å². The molecule has 0 saturated carbocycles. The molecule has 0 atom stereocenters. The lowest BCUT2D eigenvalue weighted by Crippen LogP contribution is -2.04. The van der Waals surface area contributed by atoms with Gasteiger partial charge in [-0.2, -0.15) is 4.98 Å². The van der Waals surface area contributed by atoms with Crippen LogP contribution in [0.1, 0.15) is 34.5 Å². The minimum Gasteiger partial charge on any atom is -0.476 e. The first-order chi connectivity index (χ1) is 9.24. The Morgan fingerprint density at radius 1 is 1.32 bits per heavy atom. The number of rotatable bonds is 3. The fourth-order valence-electron chi connectivity index (χ4n) is 2.34. The Kier molecular flexibility index (Phi) is 2.95. The van der Waals surface area contributed by atoms with Crippen LogP contribution in [-0.4, -0.2) is 16.1 Å². The first kappa shape index (κ1) is 11.8. The molecule has 0 radical (unpaired) electrons. The van der Waals surface area contributed by atoms with E-state index in [4.69, 9.17) is 14.3 Å². The van der Waals surface area contributed by atoms with Gasteiger partial charge >= 0.3 is 12.0 Å². The smallest absolute Gasteiger partial charge is 0.399 e. The standard InChI is InChI=1S/C14H13NO4/c16-13(17)11-8-18-14(15-11)19-12-7-3-5-9-4-1-2-6-10(9)12/h3,5,7-8H,1-2,4,6H2,(H,16,17). The van der Waals surface area contributed by atoms with Crippen molar-refractivity contribution in [2.75, 3.05) is 0 Å². The van der Waals surface area contributed by atoms with Gasteiger partial charge in [0, 0.05) is 0 Å². The zero-order valence-electron chi connectivity index (χ0n) is 10.3. The van der Waals surface area contributed by atoms with E-state index in [1.54, 1.807) is 0 Å². The molecule has 5 heteroatoms. The molecule has 1 aromatic carbocycles. The molecule has 0 amide bonds. The number of aryl methyl sites for hydroxylation is 1. The van der Waals surface area contributed by atoms with Gasteiger partial charge in [-0.05, 0) is 42.9 Å². The Morgan fingerprint density at radius 3 is 2.95 bits per heavy atom. The van der Waals surface area contributed by atoms with Gasteiger partial charge in [0.15, 0.2) is 5.69 Å². The van der Waals surface area contributed by atoms with Crippen LogP contribution in [0.3, 0.4) is 0 Å². The van der Waals surface area contributed by atoms with E-state index in [0.717, 1.165) is 25.5 Å². The molecule has 1 heterocycles. The monoisotopic (exact) mass is 259 g/mol. The summed E-state index contributed by atoms with van der Waals surface area (Å²) >= 11 is 0. The normalized spacial score (nSPS) is 13.9. The molecular weight excluding hydrogens is 246 g/mol. The molecule has 5 nitrogen and oxygen atoms in total. The van der Waals surface area contributed by atoms with Crippen LogP contribution >= 0.6 is 0 Å². The highest BCUT2D eigenvalue weighted by atomic mass is 16.6. The molecule has 1 aliphatic carbocycles. The minimum absolute atomic E-state index is 0.0311. The van der Waals surface area contributed by atoms with Gasteiger partial charge in [-0.3, -0.25) is 0 Å². The van der Waals surface area contributed by atoms with Crippen LogP contribution in [0.2, 0.25) is 0 Å². The molecule has 0 bridgehead atoms. The van der Waals surface area contributed by atoms with E-state index in [0.29, 0.717) is 5.75 Å². The quantitative estimate of drug-likeness (QED) is 0.917. The van der Waals surface area contributed by atoms with Gasteiger partial charge in [-0.1, -0.05) is 12.1 Å². The summed E-state index contributed by atoms with van der Waals surface area (Å²) in [6.07, 6.45) is 5.40. The van der Waals surface area contributed by atoms with Crippen LogP contribution in [0.15, 0.2) is 28.9 Å². The van der Waals surface area contributed by atoms with Crippen molar-refractivity contribution in [2.24, 2.45) is 0 Å². The SMILES string of the molecule is O=C(O)c1coc(Oc2cccc3c2CCCC3)n1. The van der Waals surface area contributed by atoms with Gasteiger partial charge in [0.05, 0.1) is 0 Å². The molecule has 1 aromatic heterocycles. The van der Waals surface area contributed by atoms with E-state index in [-0.39, 0.29) is 11.8 Å². The second-order valence-electron chi connectivity index (χ2n) is 4.51. The van der Waals surface area contributed by atoms with Crippen LogP contribution in [0.4, 0.5) is 0 Å². The summed E-state index contributed by atoms with van der Waals surface area (Å²) in [5.74, 6) is -0.426. The Bertz CT molecular complexity index is 618. The van der Waals surface area contributed by atoms with E-state index < -0.39 is 5.97 Å². The van der Waals surface area contributed by atoms with Crippen molar-refractivity contribution >= 4 is 5.97 Å². The van der Waals surface area contributed by atoms with Crippen molar-refractivity contribution in [2.45, 2.75) is 25.7 Å². The van der Waals surface area contributed by atoms with Gasteiger partial charge in [0.25, 0.3) is 0 Å². The van der Waals surface area contributed by atoms with Gasteiger partial charge in [0.1, 0.15) is 12.0 Å². The number of aromatic nitrogens is 1. The lowest BCUT2D eigenvalue weighted by molar-refractivity contribution is 0.0690. The number of aromatic carboxylic acids is 1. The number of oxazole rings is 1. The fraction of sp³-hybridized carbons (Fsp3) is 0.286. The number of carboxylic acid groups (broad SMARTS) is 1. The van der Waals surface area contributed by atoms with Crippen molar-refractivity contribution in [1.82, 2.24) is 4.98 Å². The van der Waals surface area contributed by atoms with E-state index >= 15 is 0 Å². The lowest BCUT2D eigenvalue weighted by atomic mass is 9.91. The molecule has 98 valence electrons. The van der Waals surface area contributed by atoms with E-state index in [2.05, 4.69) is 11.1 Å². The first-order valence-electron chi connectivity index (χ1n) is 6.21. The van der Waals surface area contributed by atoms with Crippen LogP contribution in [0.25, 0.3) is 0 Å². The predicted molar refractivity (Wildman–Crippen MR) is 66.6 cm³/mol. The van der Waals surface area contributed by atoms with Crippen LogP contribution in [0, 0.1) is 0 Å².